The van der Waals surface area contributed by atoms with Gasteiger partial charge in [-0.15, -0.1) is 0 Å². The monoisotopic (exact) mass is 266 g/mol. The van der Waals surface area contributed by atoms with Crippen molar-refractivity contribution in [3.63, 3.8) is 0 Å². The van der Waals surface area contributed by atoms with Gasteiger partial charge in [0.25, 0.3) is 0 Å². The SMILES string of the molecule is CCN(CC)CCCn1cc(C)nc1NCC(C)C. The molecule has 0 saturated heterocycles. The summed E-state index contributed by atoms with van der Waals surface area (Å²) < 4.78 is 2.25. The first-order chi connectivity index (χ1) is 9.06. The lowest BCUT2D eigenvalue weighted by Gasteiger charge is -2.18. The molecule has 0 saturated carbocycles. The number of nitrogens with one attached hydrogen (secondary N) is 1. The summed E-state index contributed by atoms with van der Waals surface area (Å²) in [5.74, 6) is 1.66. The second-order valence-electron chi connectivity index (χ2n) is 5.55. The quantitative estimate of drug-likeness (QED) is 0.746. The van der Waals surface area contributed by atoms with Gasteiger partial charge in [-0.1, -0.05) is 27.7 Å². The molecule has 1 aromatic heterocycles. The zero-order valence-electron chi connectivity index (χ0n) is 13.2. The molecule has 110 valence electrons. The van der Waals surface area contributed by atoms with E-state index in [0.717, 1.165) is 44.4 Å². The molecule has 0 aliphatic carbocycles. The van der Waals surface area contributed by atoms with E-state index in [9.17, 15) is 0 Å². The summed E-state index contributed by atoms with van der Waals surface area (Å²) in [6.45, 7) is 16.4. The largest absolute Gasteiger partial charge is 0.355 e. The minimum Gasteiger partial charge on any atom is -0.355 e. The van der Waals surface area contributed by atoms with E-state index in [1.807, 2.05) is 0 Å². The fourth-order valence-electron chi connectivity index (χ4n) is 2.16. The van der Waals surface area contributed by atoms with E-state index in [-0.39, 0.29) is 0 Å². The molecule has 0 fully saturated rings. The van der Waals surface area contributed by atoms with Crippen LogP contribution in [-0.4, -0.2) is 40.6 Å². The Bertz CT molecular complexity index is 353. The standard InChI is InChI=1S/C15H30N4/c1-6-18(7-2)9-8-10-19-12-14(5)17-15(19)16-11-13(3)4/h12-13H,6-11H2,1-5H3,(H,16,17). The predicted molar refractivity (Wildman–Crippen MR) is 82.7 cm³/mol. The van der Waals surface area contributed by atoms with Crippen molar-refractivity contribution in [2.75, 3.05) is 31.5 Å². The molecule has 0 unspecified atom stereocenters. The van der Waals surface area contributed by atoms with Gasteiger partial charge in [-0.05, 0) is 38.9 Å². The Morgan fingerprint density at radius 1 is 1.32 bits per heavy atom. The van der Waals surface area contributed by atoms with Crippen molar-refractivity contribution < 1.29 is 0 Å². The highest BCUT2D eigenvalue weighted by Gasteiger charge is 2.06. The van der Waals surface area contributed by atoms with E-state index in [2.05, 4.69) is 60.6 Å². The maximum Gasteiger partial charge on any atom is 0.203 e. The Morgan fingerprint density at radius 3 is 2.58 bits per heavy atom. The molecular weight excluding hydrogens is 236 g/mol. The highest BCUT2D eigenvalue weighted by atomic mass is 15.2. The van der Waals surface area contributed by atoms with Crippen LogP contribution in [0.1, 0.15) is 39.8 Å². The smallest absolute Gasteiger partial charge is 0.203 e. The lowest BCUT2D eigenvalue weighted by Crippen LogP contribution is -2.25. The fourth-order valence-corrected chi connectivity index (χ4v) is 2.16. The Balaban J connectivity index is 2.48. The van der Waals surface area contributed by atoms with Crippen molar-refractivity contribution in [1.29, 1.82) is 0 Å². The van der Waals surface area contributed by atoms with E-state index in [1.54, 1.807) is 0 Å². The van der Waals surface area contributed by atoms with E-state index < -0.39 is 0 Å². The number of anilines is 1. The van der Waals surface area contributed by atoms with Gasteiger partial charge in [0.05, 0.1) is 5.69 Å². The van der Waals surface area contributed by atoms with Crippen molar-refractivity contribution in [2.45, 2.75) is 47.6 Å². The van der Waals surface area contributed by atoms with Crippen LogP contribution in [0.15, 0.2) is 6.20 Å². The summed E-state index contributed by atoms with van der Waals surface area (Å²) in [6.07, 6.45) is 3.32. The van der Waals surface area contributed by atoms with Crippen molar-refractivity contribution in [3.05, 3.63) is 11.9 Å². The highest BCUT2D eigenvalue weighted by Crippen LogP contribution is 2.10. The van der Waals surface area contributed by atoms with Gasteiger partial charge in [0.15, 0.2) is 0 Å². The van der Waals surface area contributed by atoms with E-state index in [0.29, 0.717) is 5.92 Å². The first-order valence-corrected chi connectivity index (χ1v) is 7.56. The lowest BCUT2D eigenvalue weighted by molar-refractivity contribution is 0.293. The molecule has 0 spiro atoms. The number of nitrogens with zero attached hydrogens (tertiary/aromatic N) is 3. The molecule has 1 aromatic rings. The summed E-state index contributed by atoms with van der Waals surface area (Å²) >= 11 is 0. The van der Waals surface area contributed by atoms with Crippen LogP contribution < -0.4 is 5.32 Å². The Labute approximate surface area is 118 Å². The third kappa shape index (κ3) is 5.64. The van der Waals surface area contributed by atoms with Crippen LogP contribution in [-0.2, 0) is 6.54 Å². The van der Waals surface area contributed by atoms with Gasteiger partial charge in [-0.25, -0.2) is 4.98 Å². The summed E-state index contributed by atoms with van der Waals surface area (Å²) in [7, 11) is 0. The van der Waals surface area contributed by atoms with Crippen molar-refractivity contribution in [1.82, 2.24) is 14.5 Å². The van der Waals surface area contributed by atoms with Crippen LogP contribution in [0, 0.1) is 12.8 Å². The summed E-state index contributed by atoms with van der Waals surface area (Å²) in [5, 5.41) is 3.44. The predicted octanol–water partition coefficient (Wildman–Crippen LogP) is 2.99. The van der Waals surface area contributed by atoms with E-state index >= 15 is 0 Å². The van der Waals surface area contributed by atoms with Gasteiger partial charge >= 0.3 is 0 Å². The molecule has 0 aliphatic rings. The molecule has 19 heavy (non-hydrogen) atoms. The van der Waals surface area contributed by atoms with E-state index in [1.165, 1.54) is 6.42 Å². The molecule has 0 radical (unpaired) electrons. The summed E-state index contributed by atoms with van der Waals surface area (Å²) in [5.41, 5.74) is 1.09. The van der Waals surface area contributed by atoms with Crippen LogP contribution in [0.25, 0.3) is 0 Å². The normalized spacial score (nSPS) is 11.5. The second-order valence-corrected chi connectivity index (χ2v) is 5.55. The van der Waals surface area contributed by atoms with Gasteiger partial charge in [-0.2, -0.15) is 0 Å². The third-order valence-electron chi connectivity index (χ3n) is 3.33. The van der Waals surface area contributed by atoms with Gasteiger partial charge < -0.3 is 14.8 Å². The van der Waals surface area contributed by atoms with Crippen LogP contribution in [0.4, 0.5) is 5.95 Å². The Kier molecular flexibility index (Phi) is 6.92. The van der Waals surface area contributed by atoms with Gasteiger partial charge in [0.1, 0.15) is 0 Å². The van der Waals surface area contributed by atoms with Crippen molar-refractivity contribution >= 4 is 5.95 Å². The number of aryl methyl sites for hydroxylation is 2. The van der Waals surface area contributed by atoms with Crippen LogP contribution in [0.3, 0.4) is 0 Å². The van der Waals surface area contributed by atoms with Crippen LogP contribution in [0.5, 0.6) is 0 Å². The second kappa shape index (κ2) is 8.20. The Hall–Kier alpha value is -1.03. The summed E-state index contributed by atoms with van der Waals surface area (Å²) in [4.78, 5) is 7.02. The molecule has 4 nitrogen and oxygen atoms in total. The highest BCUT2D eigenvalue weighted by molar-refractivity contribution is 5.28. The average molecular weight is 266 g/mol. The number of hydrogen-bond acceptors (Lipinski definition) is 3. The van der Waals surface area contributed by atoms with Crippen molar-refractivity contribution in [3.8, 4) is 0 Å². The molecule has 0 aliphatic heterocycles. The summed E-state index contributed by atoms with van der Waals surface area (Å²) in [6, 6.07) is 0. The molecule has 1 N–H and O–H groups in total. The maximum atomic E-state index is 4.56. The molecule has 1 rings (SSSR count). The maximum absolute atomic E-state index is 4.56. The first kappa shape index (κ1) is 16.0. The molecule has 1 heterocycles. The average Bonchev–Trinajstić information content (AvgIpc) is 2.72. The number of rotatable bonds is 9. The topological polar surface area (TPSA) is 33.1 Å². The number of aromatic nitrogens is 2. The zero-order chi connectivity index (χ0) is 14.3. The number of imidazole rings is 1. The molecular formula is C15H30N4. The lowest BCUT2D eigenvalue weighted by atomic mass is 10.2. The van der Waals surface area contributed by atoms with Gasteiger partial charge in [0.2, 0.25) is 5.95 Å². The fraction of sp³-hybridized carbons (Fsp3) is 0.800. The molecule has 4 heteroatoms. The Morgan fingerprint density at radius 2 is 2.00 bits per heavy atom. The van der Waals surface area contributed by atoms with E-state index in [4.69, 9.17) is 0 Å². The van der Waals surface area contributed by atoms with Crippen LogP contribution >= 0.6 is 0 Å². The van der Waals surface area contributed by atoms with Crippen molar-refractivity contribution in [2.24, 2.45) is 5.92 Å². The minimum atomic E-state index is 0.640. The van der Waals surface area contributed by atoms with Gasteiger partial charge in [0, 0.05) is 19.3 Å². The van der Waals surface area contributed by atoms with Crippen LogP contribution in [0.2, 0.25) is 0 Å². The zero-order valence-corrected chi connectivity index (χ0v) is 13.2. The number of hydrogen-bond donors (Lipinski definition) is 1. The van der Waals surface area contributed by atoms with Gasteiger partial charge in [-0.3, -0.25) is 0 Å². The first-order valence-electron chi connectivity index (χ1n) is 7.56. The molecule has 0 bridgehead atoms. The minimum absolute atomic E-state index is 0.640. The third-order valence-corrected chi connectivity index (χ3v) is 3.33. The molecule has 0 aromatic carbocycles. The molecule has 0 atom stereocenters. The molecule has 0 amide bonds.